The Morgan fingerprint density at radius 3 is 2.76 bits per heavy atom. The van der Waals surface area contributed by atoms with Crippen molar-refractivity contribution in [1.29, 1.82) is 0 Å². The first-order valence-electron chi connectivity index (χ1n) is 6.67. The number of hydrogen-bond acceptors (Lipinski definition) is 3. The maximum absolute atomic E-state index is 12.6. The van der Waals surface area contributed by atoms with E-state index in [1.54, 1.807) is 11.0 Å². The first-order chi connectivity index (χ1) is 9.89. The monoisotopic (exact) mass is 355 g/mol. The second kappa shape index (κ2) is 6.15. The predicted molar refractivity (Wildman–Crippen MR) is 81.3 cm³/mol. The molecule has 1 saturated heterocycles. The number of likely N-dealkylation sites (tertiary alicyclic amines) is 1. The summed E-state index contributed by atoms with van der Waals surface area (Å²) in [7, 11) is 1.48. The average Bonchev–Trinajstić information content (AvgIpc) is 2.84. The van der Waals surface area contributed by atoms with Crippen LogP contribution in [0.2, 0.25) is 0 Å². The SMILES string of the molecule is COCC1(C(=O)O)CCN(C(=O)c2ccc(Br)cc2C)C1. The van der Waals surface area contributed by atoms with Crippen LogP contribution in [0, 0.1) is 12.3 Å². The molecule has 0 spiro atoms. The fraction of sp³-hybridized carbons (Fsp3) is 0.467. The normalized spacial score (nSPS) is 21.6. The van der Waals surface area contributed by atoms with E-state index in [2.05, 4.69) is 15.9 Å². The summed E-state index contributed by atoms with van der Waals surface area (Å²) >= 11 is 3.37. The third kappa shape index (κ3) is 3.11. The maximum atomic E-state index is 12.6. The highest BCUT2D eigenvalue weighted by Gasteiger charge is 2.46. The molecule has 1 fully saturated rings. The topological polar surface area (TPSA) is 66.8 Å². The van der Waals surface area contributed by atoms with Gasteiger partial charge in [-0.15, -0.1) is 0 Å². The highest BCUT2D eigenvalue weighted by molar-refractivity contribution is 9.10. The van der Waals surface area contributed by atoms with Gasteiger partial charge in [0.25, 0.3) is 5.91 Å². The molecule has 5 nitrogen and oxygen atoms in total. The van der Waals surface area contributed by atoms with Crippen LogP contribution in [0.25, 0.3) is 0 Å². The molecule has 1 atom stereocenters. The van der Waals surface area contributed by atoms with Gasteiger partial charge in [0.2, 0.25) is 0 Å². The van der Waals surface area contributed by atoms with Crippen molar-refractivity contribution in [2.24, 2.45) is 5.41 Å². The quantitative estimate of drug-likeness (QED) is 0.899. The number of aliphatic carboxylic acids is 1. The third-order valence-electron chi connectivity index (χ3n) is 3.93. The molecular weight excluding hydrogens is 338 g/mol. The molecule has 1 unspecified atom stereocenters. The summed E-state index contributed by atoms with van der Waals surface area (Å²) in [6.45, 7) is 2.60. The highest BCUT2D eigenvalue weighted by atomic mass is 79.9. The molecule has 1 aliphatic heterocycles. The highest BCUT2D eigenvalue weighted by Crippen LogP contribution is 2.32. The summed E-state index contributed by atoms with van der Waals surface area (Å²) in [5.74, 6) is -1.04. The molecule has 1 heterocycles. The summed E-state index contributed by atoms with van der Waals surface area (Å²) in [5.41, 5.74) is 0.485. The Bertz CT molecular complexity index is 575. The number of rotatable bonds is 4. The Morgan fingerprint density at radius 2 is 2.19 bits per heavy atom. The zero-order valence-corrected chi connectivity index (χ0v) is 13.6. The van der Waals surface area contributed by atoms with Crippen LogP contribution in [0.4, 0.5) is 0 Å². The minimum absolute atomic E-state index is 0.117. The summed E-state index contributed by atoms with van der Waals surface area (Å²) in [6.07, 6.45) is 0.414. The van der Waals surface area contributed by atoms with Crippen LogP contribution in [0.3, 0.4) is 0 Å². The molecule has 0 radical (unpaired) electrons. The van der Waals surface area contributed by atoms with Gasteiger partial charge >= 0.3 is 5.97 Å². The van der Waals surface area contributed by atoms with Crippen molar-refractivity contribution in [3.8, 4) is 0 Å². The molecule has 21 heavy (non-hydrogen) atoms. The molecule has 1 aromatic carbocycles. The van der Waals surface area contributed by atoms with E-state index in [-0.39, 0.29) is 19.1 Å². The standard InChI is InChI=1S/C15H18BrNO4/c1-10-7-11(16)3-4-12(10)13(18)17-6-5-15(8-17,9-21-2)14(19)20/h3-4,7H,5-6,8-9H2,1-2H3,(H,19,20). The number of ether oxygens (including phenoxy) is 1. The lowest BCUT2D eigenvalue weighted by Gasteiger charge is -2.24. The summed E-state index contributed by atoms with van der Waals surface area (Å²) < 4.78 is 5.95. The number of hydrogen-bond donors (Lipinski definition) is 1. The Hall–Kier alpha value is -1.40. The van der Waals surface area contributed by atoms with Gasteiger partial charge in [-0.3, -0.25) is 9.59 Å². The Balaban J connectivity index is 2.20. The van der Waals surface area contributed by atoms with Gasteiger partial charge in [-0.25, -0.2) is 0 Å². The number of carboxylic acids is 1. The van der Waals surface area contributed by atoms with Crippen molar-refractivity contribution in [2.45, 2.75) is 13.3 Å². The molecule has 6 heteroatoms. The largest absolute Gasteiger partial charge is 0.481 e. The maximum Gasteiger partial charge on any atom is 0.313 e. The van der Waals surface area contributed by atoms with Gasteiger partial charge in [-0.05, 0) is 37.1 Å². The lowest BCUT2D eigenvalue weighted by Crippen LogP contribution is -2.40. The summed E-state index contributed by atoms with van der Waals surface area (Å²) in [4.78, 5) is 25.7. The minimum atomic E-state index is -0.992. The Kier molecular flexibility index (Phi) is 4.68. The van der Waals surface area contributed by atoms with Crippen molar-refractivity contribution in [3.05, 3.63) is 33.8 Å². The fourth-order valence-electron chi connectivity index (χ4n) is 2.71. The minimum Gasteiger partial charge on any atom is -0.481 e. The molecule has 1 amide bonds. The number of carbonyl (C=O) groups is 2. The van der Waals surface area contributed by atoms with E-state index in [1.807, 2.05) is 19.1 Å². The van der Waals surface area contributed by atoms with Crippen LogP contribution in [-0.4, -0.2) is 48.7 Å². The number of benzene rings is 1. The number of nitrogens with zero attached hydrogens (tertiary/aromatic N) is 1. The molecule has 0 saturated carbocycles. The Labute approximate surface area is 132 Å². The lowest BCUT2D eigenvalue weighted by atomic mass is 9.88. The van der Waals surface area contributed by atoms with Gasteiger partial charge in [-0.1, -0.05) is 15.9 Å². The van der Waals surface area contributed by atoms with Gasteiger partial charge in [0, 0.05) is 30.2 Å². The number of carboxylic acid groups (broad SMARTS) is 1. The molecule has 1 aromatic rings. The number of halogens is 1. The zero-order chi connectivity index (χ0) is 15.6. The van der Waals surface area contributed by atoms with E-state index in [4.69, 9.17) is 4.74 Å². The van der Waals surface area contributed by atoms with E-state index >= 15 is 0 Å². The van der Waals surface area contributed by atoms with Gasteiger partial charge in [0.1, 0.15) is 5.41 Å². The molecular formula is C15H18BrNO4. The van der Waals surface area contributed by atoms with E-state index in [9.17, 15) is 14.7 Å². The molecule has 0 bridgehead atoms. The number of amides is 1. The third-order valence-corrected chi connectivity index (χ3v) is 4.43. The van der Waals surface area contributed by atoms with Crippen LogP contribution in [0.15, 0.2) is 22.7 Å². The van der Waals surface area contributed by atoms with E-state index in [1.165, 1.54) is 7.11 Å². The van der Waals surface area contributed by atoms with Gasteiger partial charge in [0.15, 0.2) is 0 Å². The molecule has 114 valence electrons. The second-order valence-corrected chi connectivity index (χ2v) is 6.37. The van der Waals surface area contributed by atoms with Gasteiger partial charge in [0.05, 0.1) is 6.61 Å². The van der Waals surface area contributed by atoms with Gasteiger partial charge in [-0.2, -0.15) is 0 Å². The van der Waals surface area contributed by atoms with Crippen LogP contribution >= 0.6 is 15.9 Å². The summed E-state index contributed by atoms with van der Waals surface area (Å²) in [5, 5.41) is 9.43. The number of aryl methyl sites for hydroxylation is 1. The smallest absolute Gasteiger partial charge is 0.313 e. The number of carbonyl (C=O) groups excluding carboxylic acids is 1. The van der Waals surface area contributed by atoms with Gasteiger partial charge < -0.3 is 14.7 Å². The predicted octanol–water partition coefficient (Wildman–Crippen LogP) is 2.32. The zero-order valence-electron chi connectivity index (χ0n) is 12.1. The van der Waals surface area contributed by atoms with Crippen molar-refractivity contribution >= 4 is 27.8 Å². The molecule has 0 aliphatic carbocycles. The van der Waals surface area contributed by atoms with Crippen molar-refractivity contribution in [3.63, 3.8) is 0 Å². The molecule has 0 aromatic heterocycles. The first kappa shape index (κ1) is 16.0. The average molecular weight is 356 g/mol. The lowest BCUT2D eigenvalue weighted by molar-refractivity contribution is -0.151. The molecule has 2 rings (SSSR count). The molecule has 1 aliphatic rings. The van der Waals surface area contributed by atoms with Crippen LogP contribution in [0.5, 0.6) is 0 Å². The van der Waals surface area contributed by atoms with Crippen molar-refractivity contribution < 1.29 is 19.4 Å². The van der Waals surface area contributed by atoms with E-state index in [0.29, 0.717) is 18.5 Å². The van der Waals surface area contributed by atoms with Crippen molar-refractivity contribution in [1.82, 2.24) is 4.90 Å². The van der Waals surface area contributed by atoms with E-state index < -0.39 is 11.4 Å². The van der Waals surface area contributed by atoms with Crippen LogP contribution in [-0.2, 0) is 9.53 Å². The molecule has 1 N–H and O–H groups in total. The fourth-order valence-corrected chi connectivity index (χ4v) is 3.19. The number of methoxy groups -OCH3 is 1. The van der Waals surface area contributed by atoms with Crippen molar-refractivity contribution in [2.75, 3.05) is 26.8 Å². The van der Waals surface area contributed by atoms with Crippen LogP contribution < -0.4 is 0 Å². The Morgan fingerprint density at radius 1 is 1.48 bits per heavy atom. The van der Waals surface area contributed by atoms with Crippen LogP contribution in [0.1, 0.15) is 22.3 Å². The second-order valence-electron chi connectivity index (χ2n) is 5.45. The first-order valence-corrected chi connectivity index (χ1v) is 7.47. The summed E-state index contributed by atoms with van der Waals surface area (Å²) in [6, 6.07) is 5.46. The van der Waals surface area contributed by atoms with E-state index in [0.717, 1.165) is 10.0 Å².